The highest BCUT2D eigenvalue weighted by molar-refractivity contribution is 5.77. The molecule has 1 aliphatic carbocycles. The third-order valence-electron chi connectivity index (χ3n) is 4.92. The molecule has 1 saturated carbocycles. The van der Waals surface area contributed by atoms with Gasteiger partial charge < -0.3 is 10.4 Å². The fourth-order valence-electron chi connectivity index (χ4n) is 2.82. The molecule has 0 atom stereocenters. The Morgan fingerprint density at radius 3 is 2.03 bits per heavy atom. The summed E-state index contributed by atoms with van der Waals surface area (Å²) in [6.45, 7) is 15.4. The van der Waals surface area contributed by atoms with E-state index in [0.29, 0.717) is 23.0 Å². The summed E-state index contributed by atoms with van der Waals surface area (Å²) in [6, 6.07) is 5.31. The Hall–Kier alpha value is -2.51. The first kappa shape index (κ1) is 30.5. The molecule has 2 aromatic rings. The monoisotopic (exact) mass is 468 g/mol. The Morgan fingerprint density at radius 1 is 1.06 bits per heavy atom. The Bertz CT molecular complexity index is 869. The molecular formula is C26H39F3N2O2. The van der Waals surface area contributed by atoms with Gasteiger partial charge in [-0.25, -0.2) is 13.2 Å². The van der Waals surface area contributed by atoms with E-state index in [4.69, 9.17) is 10.3 Å². The number of aliphatic hydroxyl groups is 1. The summed E-state index contributed by atoms with van der Waals surface area (Å²) in [6.07, 6.45) is 6.43. The molecule has 0 saturated heterocycles. The Balaban J connectivity index is 0.000000704. The van der Waals surface area contributed by atoms with Crippen LogP contribution in [0.25, 0.3) is 0 Å². The highest BCUT2D eigenvalue weighted by atomic mass is 19.2. The van der Waals surface area contributed by atoms with Crippen molar-refractivity contribution < 1.29 is 23.5 Å². The van der Waals surface area contributed by atoms with Crippen LogP contribution in [-0.4, -0.2) is 16.9 Å². The van der Waals surface area contributed by atoms with E-state index in [-0.39, 0.29) is 23.7 Å². The van der Waals surface area contributed by atoms with Gasteiger partial charge in [0.25, 0.3) is 0 Å². The quantitative estimate of drug-likeness (QED) is 0.257. The van der Waals surface area contributed by atoms with Crippen LogP contribution >= 0.6 is 0 Å². The molecule has 4 nitrogen and oxygen atoms in total. The lowest BCUT2D eigenvalue weighted by molar-refractivity contribution is 0.318. The third-order valence-corrected chi connectivity index (χ3v) is 4.92. The van der Waals surface area contributed by atoms with Crippen LogP contribution in [0.15, 0.2) is 36.9 Å². The molecule has 0 spiro atoms. The summed E-state index contributed by atoms with van der Waals surface area (Å²) in [5, 5.41) is 19.2. The molecule has 33 heavy (non-hydrogen) atoms. The van der Waals surface area contributed by atoms with Crippen molar-refractivity contribution in [1.82, 2.24) is 0 Å². The van der Waals surface area contributed by atoms with Gasteiger partial charge in [-0.15, -0.1) is 6.58 Å². The van der Waals surface area contributed by atoms with E-state index in [1.807, 2.05) is 25.4 Å². The molecule has 0 unspecified atom stereocenters. The molecule has 0 bridgehead atoms. The summed E-state index contributed by atoms with van der Waals surface area (Å²) in [5.74, 6) is -2.86. The van der Waals surface area contributed by atoms with Crippen molar-refractivity contribution >= 4 is 17.1 Å². The van der Waals surface area contributed by atoms with Crippen molar-refractivity contribution in [3.05, 3.63) is 65.5 Å². The molecule has 3 rings (SSSR count). The average Bonchev–Trinajstić information content (AvgIpc) is 3.52. The van der Waals surface area contributed by atoms with Gasteiger partial charge in [0.1, 0.15) is 11.5 Å². The van der Waals surface area contributed by atoms with Crippen LogP contribution in [0.3, 0.4) is 0 Å². The van der Waals surface area contributed by atoms with Crippen molar-refractivity contribution in [3.63, 3.8) is 0 Å². The number of rotatable bonds is 6. The zero-order valence-corrected chi connectivity index (χ0v) is 20.7. The standard InChI is InChI=1S/C15H15F3N2O.C7H12.C2H6O.C2H6/c1-3-9-7-11(17)13(18)15(14(9)20-21)19-12-5-4-8(2)6-10(12)16;1-3-4-7(2)5-6-7;1-2-3;1-2/h4-7,19-21H,3H2,1-2H3;3H,1,4-6H2,2H3;3H,2H2,1H3;1-2H3. The van der Waals surface area contributed by atoms with Crippen LogP contribution in [-0.2, 0) is 6.42 Å². The van der Waals surface area contributed by atoms with E-state index in [2.05, 4.69) is 18.8 Å². The van der Waals surface area contributed by atoms with Gasteiger partial charge in [-0.2, -0.15) is 0 Å². The van der Waals surface area contributed by atoms with Gasteiger partial charge in [0.15, 0.2) is 11.6 Å². The zero-order chi connectivity index (χ0) is 25.6. The maximum atomic E-state index is 14.0. The van der Waals surface area contributed by atoms with Crippen molar-refractivity contribution in [2.75, 3.05) is 17.4 Å². The second-order valence-electron chi connectivity index (χ2n) is 7.77. The Morgan fingerprint density at radius 2 is 1.64 bits per heavy atom. The second kappa shape index (κ2) is 15.3. The normalized spacial score (nSPS) is 12.6. The summed E-state index contributed by atoms with van der Waals surface area (Å²) in [5.41, 5.74) is 3.23. The molecule has 0 aromatic heterocycles. The molecule has 0 aliphatic heterocycles. The molecule has 1 fully saturated rings. The minimum absolute atomic E-state index is 0.0105. The first-order chi connectivity index (χ1) is 15.7. The summed E-state index contributed by atoms with van der Waals surface area (Å²) in [7, 11) is 0. The maximum Gasteiger partial charge on any atom is 0.184 e. The fraction of sp³-hybridized carbons (Fsp3) is 0.462. The molecule has 4 N–H and O–H groups in total. The lowest BCUT2D eigenvalue weighted by atomic mass is 10.1. The van der Waals surface area contributed by atoms with E-state index in [0.717, 1.165) is 6.07 Å². The Labute approximate surface area is 196 Å². The average molecular weight is 469 g/mol. The first-order valence-electron chi connectivity index (χ1n) is 11.3. The highest BCUT2D eigenvalue weighted by Crippen LogP contribution is 2.48. The number of halogens is 3. The van der Waals surface area contributed by atoms with Crippen molar-refractivity contribution in [3.8, 4) is 0 Å². The molecule has 1 aliphatic rings. The summed E-state index contributed by atoms with van der Waals surface area (Å²) in [4.78, 5) is 0. The van der Waals surface area contributed by atoms with Crippen LogP contribution in [0.4, 0.5) is 30.2 Å². The van der Waals surface area contributed by atoms with Gasteiger partial charge in [0.2, 0.25) is 0 Å². The van der Waals surface area contributed by atoms with Crippen LogP contribution in [0.2, 0.25) is 0 Å². The molecule has 7 heteroatoms. The number of allylic oxidation sites excluding steroid dienone is 1. The number of aliphatic hydroxyl groups excluding tert-OH is 1. The molecule has 186 valence electrons. The fourth-order valence-corrected chi connectivity index (χ4v) is 2.82. The van der Waals surface area contributed by atoms with Crippen molar-refractivity contribution in [1.29, 1.82) is 0 Å². The minimum Gasteiger partial charge on any atom is -0.397 e. The molecule has 0 radical (unpaired) electrons. The van der Waals surface area contributed by atoms with Gasteiger partial charge in [-0.1, -0.05) is 39.8 Å². The zero-order valence-electron chi connectivity index (χ0n) is 20.7. The predicted octanol–water partition coefficient (Wildman–Crippen LogP) is 7.91. The topological polar surface area (TPSA) is 64.5 Å². The lowest BCUT2D eigenvalue weighted by Crippen LogP contribution is -2.07. The van der Waals surface area contributed by atoms with E-state index in [1.165, 1.54) is 31.4 Å². The van der Waals surface area contributed by atoms with Crippen molar-refractivity contribution in [2.45, 2.75) is 67.2 Å². The highest BCUT2D eigenvalue weighted by Gasteiger charge is 2.35. The number of nitrogens with one attached hydrogen (secondary N) is 2. The number of benzene rings is 2. The van der Waals surface area contributed by atoms with Crippen molar-refractivity contribution in [2.24, 2.45) is 5.41 Å². The number of hydrogen-bond donors (Lipinski definition) is 4. The summed E-state index contributed by atoms with van der Waals surface area (Å²) >= 11 is 0. The van der Waals surface area contributed by atoms with E-state index in [9.17, 15) is 13.2 Å². The smallest absolute Gasteiger partial charge is 0.184 e. The van der Waals surface area contributed by atoms with Crippen LogP contribution in [0, 0.1) is 29.8 Å². The van der Waals surface area contributed by atoms with Crippen LogP contribution in [0.1, 0.15) is 65.0 Å². The minimum atomic E-state index is -1.19. The molecule has 2 aromatic carbocycles. The Kier molecular flexibility index (Phi) is 14.2. The molecule has 0 amide bonds. The third kappa shape index (κ3) is 9.88. The SMILES string of the molecule is C=CCC1(C)CC1.CC.CCO.CCc1cc(F)c(F)c(Nc2ccc(C)cc2F)c1NO. The van der Waals surface area contributed by atoms with Crippen LogP contribution < -0.4 is 10.8 Å². The van der Waals surface area contributed by atoms with Gasteiger partial charge in [-0.05, 0) is 74.3 Å². The van der Waals surface area contributed by atoms with Gasteiger partial charge in [-0.3, -0.25) is 10.7 Å². The number of hydrogen-bond acceptors (Lipinski definition) is 4. The largest absolute Gasteiger partial charge is 0.397 e. The van der Waals surface area contributed by atoms with E-state index >= 15 is 0 Å². The van der Waals surface area contributed by atoms with E-state index in [1.54, 1.807) is 26.8 Å². The number of anilines is 3. The predicted molar refractivity (Wildman–Crippen MR) is 132 cm³/mol. The van der Waals surface area contributed by atoms with Gasteiger partial charge in [0, 0.05) is 6.61 Å². The molecule has 0 heterocycles. The second-order valence-corrected chi connectivity index (χ2v) is 7.77. The lowest BCUT2D eigenvalue weighted by Gasteiger charge is -2.16. The van der Waals surface area contributed by atoms with E-state index < -0.39 is 17.5 Å². The first-order valence-corrected chi connectivity index (χ1v) is 11.3. The summed E-state index contributed by atoms with van der Waals surface area (Å²) < 4.78 is 41.4. The maximum absolute atomic E-state index is 14.0. The van der Waals surface area contributed by atoms with Gasteiger partial charge >= 0.3 is 0 Å². The number of aryl methyl sites for hydroxylation is 2. The van der Waals surface area contributed by atoms with Crippen LogP contribution in [0.5, 0.6) is 0 Å². The van der Waals surface area contributed by atoms with Gasteiger partial charge in [0.05, 0.1) is 11.4 Å². The molecular weight excluding hydrogens is 429 g/mol.